The average molecular weight is 496 g/mol. The molecule has 0 amide bonds. The molecule has 182 valence electrons. The first kappa shape index (κ1) is 24.1. The molecule has 0 unspecified atom stereocenters. The number of aliphatic hydroxyl groups excluding tert-OH is 2. The second-order valence-corrected chi connectivity index (χ2v) is 8.67. The van der Waals surface area contributed by atoms with Gasteiger partial charge in [0.25, 0.3) is 0 Å². The van der Waals surface area contributed by atoms with Crippen LogP contribution in [0.4, 0.5) is 0 Å². The van der Waals surface area contributed by atoms with E-state index in [2.05, 4.69) is 19.5 Å². The monoisotopic (exact) mass is 496 g/mol. The first-order valence-electron chi connectivity index (χ1n) is 9.82. The highest BCUT2D eigenvalue weighted by Crippen LogP contribution is 2.43. The van der Waals surface area contributed by atoms with E-state index in [1.165, 1.54) is 46.3 Å². The van der Waals surface area contributed by atoms with Crippen LogP contribution < -0.4 is 5.49 Å². The summed E-state index contributed by atoms with van der Waals surface area (Å²) >= 11 is 0. The summed E-state index contributed by atoms with van der Waals surface area (Å²) in [6.07, 6.45) is -2.89. The molecule has 0 saturated carbocycles. The molecule has 1 fully saturated rings. The van der Waals surface area contributed by atoms with E-state index < -0.39 is 51.0 Å². The molecule has 5 N–H and O–H groups in total. The number of hydrogen-bond acceptors (Lipinski definition) is 11. The van der Waals surface area contributed by atoms with Crippen molar-refractivity contribution >= 4 is 25.0 Å². The minimum atomic E-state index is -5.15. The summed E-state index contributed by atoms with van der Waals surface area (Å²) in [5, 5.41) is 29.5. The minimum absolute atomic E-state index is 0.0130. The molecule has 0 radical (unpaired) electrons. The molecule has 15 nitrogen and oxygen atoms in total. The quantitative estimate of drug-likeness (QED) is 0.197. The van der Waals surface area contributed by atoms with Gasteiger partial charge in [0.15, 0.2) is 17.4 Å². The number of nitrogens with zero attached hydrogens (tertiary/aromatic N) is 5. The smallest absolute Gasteiger partial charge is 0.459 e. The Morgan fingerprint density at radius 2 is 2.03 bits per heavy atom. The maximum atomic E-state index is 12.3. The first-order chi connectivity index (χ1) is 16.1. The number of imidazole rings is 1. The van der Waals surface area contributed by atoms with Crippen LogP contribution in [0.3, 0.4) is 0 Å². The first-order valence-corrected chi connectivity index (χ1v) is 11.4. The number of carbonyl (C=O) groups excluding carboxylic acids is 1. The Morgan fingerprint density at radius 3 is 2.71 bits per heavy atom. The van der Waals surface area contributed by atoms with Crippen molar-refractivity contribution in [2.24, 2.45) is 7.05 Å². The van der Waals surface area contributed by atoms with Gasteiger partial charge >= 0.3 is 13.8 Å². The van der Waals surface area contributed by atoms with Crippen molar-refractivity contribution in [3.05, 3.63) is 48.2 Å². The molecule has 1 aliphatic heterocycles. The lowest BCUT2D eigenvalue weighted by atomic mass is 9.98. The zero-order valence-corrected chi connectivity index (χ0v) is 18.5. The van der Waals surface area contributed by atoms with E-state index in [9.17, 15) is 29.4 Å². The fourth-order valence-electron chi connectivity index (χ4n) is 3.49. The van der Waals surface area contributed by atoms with E-state index in [0.717, 1.165) is 0 Å². The fraction of sp³-hybridized carbons (Fsp3) is 0.389. The molecule has 4 rings (SSSR count). The van der Waals surface area contributed by atoms with Crippen molar-refractivity contribution in [2.45, 2.75) is 30.6 Å². The third-order valence-corrected chi connectivity index (χ3v) is 5.69. The number of esters is 1. The molecule has 3 aromatic heterocycles. The summed E-state index contributed by atoms with van der Waals surface area (Å²) in [5.74, 6) is -0.778. The molecule has 3 aromatic rings. The lowest BCUT2D eigenvalue weighted by molar-refractivity contribution is -0.246. The Balaban J connectivity index is 1.65. The Morgan fingerprint density at radius 1 is 1.26 bits per heavy atom. The SMILES string of the molecule is Cn1cnc2c(ncn2[C@@H]2O[C@H](COC(=O)c3cccnc3)[C@@H](O)[C@H](OP(=O)(O)O)[C@H]2O)c1=N. The van der Waals surface area contributed by atoms with Gasteiger partial charge in [0, 0.05) is 19.4 Å². The number of fused-ring (bicyclic) bond motifs is 1. The summed E-state index contributed by atoms with van der Waals surface area (Å²) < 4.78 is 29.7. The Hall–Kier alpha value is -3.04. The number of aryl methyl sites for hydroxylation is 1. The molecule has 0 aliphatic carbocycles. The minimum Gasteiger partial charge on any atom is -0.459 e. The van der Waals surface area contributed by atoms with E-state index in [4.69, 9.17) is 14.9 Å². The molecule has 5 atom stereocenters. The maximum Gasteiger partial charge on any atom is 0.470 e. The summed E-state index contributed by atoms with van der Waals surface area (Å²) in [5.41, 5.74) is 0.440. The van der Waals surface area contributed by atoms with Gasteiger partial charge < -0.3 is 34.0 Å². The molecule has 1 aliphatic rings. The van der Waals surface area contributed by atoms with E-state index in [0.29, 0.717) is 0 Å². The number of hydrogen-bond donors (Lipinski definition) is 5. The van der Waals surface area contributed by atoms with Gasteiger partial charge in [0.05, 0.1) is 18.2 Å². The molecule has 4 heterocycles. The van der Waals surface area contributed by atoms with E-state index in [1.807, 2.05) is 0 Å². The maximum absolute atomic E-state index is 12.3. The van der Waals surface area contributed by atoms with Crippen molar-refractivity contribution in [2.75, 3.05) is 6.61 Å². The number of ether oxygens (including phenoxy) is 2. The van der Waals surface area contributed by atoms with Crippen molar-refractivity contribution in [3.63, 3.8) is 0 Å². The van der Waals surface area contributed by atoms with Gasteiger partial charge in [-0.3, -0.25) is 19.5 Å². The number of phosphoric acid groups is 1. The zero-order chi connectivity index (χ0) is 24.6. The van der Waals surface area contributed by atoms with Gasteiger partial charge in [0.2, 0.25) is 0 Å². The number of pyridine rings is 1. The van der Waals surface area contributed by atoms with Gasteiger partial charge in [-0.1, -0.05) is 0 Å². The standard InChI is InChI=1S/C18H21N6O9P/c1-23-7-22-16-11(15(23)19)21-8-24(16)17-13(26)14(33-34(28,29)30)12(25)10(32-17)6-31-18(27)9-3-2-4-20-5-9/h2-5,7-8,10,12-14,17,19,25-26H,6H2,1H3,(H2,28,29,30)/t10-,12-,13-,14+,17-/m1/s1. The van der Waals surface area contributed by atoms with Crippen LogP contribution >= 0.6 is 7.82 Å². The van der Waals surface area contributed by atoms with Crippen LogP contribution in [0.5, 0.6) is 0 Å². The summed E-state index contributed by atoms with van der Waals surface area (Å²) in [4.78, 5) is 42.9. The Labute approximate surface area is 191 Å². The van der Waals surface area contributed by atoms with Crippen molar-refractivity contribution in [3.8, 4) is 0 Å². The van der Waals surface area contributed by atoms with Crippen molar-refractivity contribution in [1.82, 2.24) is 24.1 Å². The third-order valence-electron chi connectivity index (χ3n) is 5.17. The predicted octanol–water partition coefficient (Wildman–Crippen LogP) is -1.40. The molecule has 34 heavy (non-hydrogen) atoms. The molecule has 0 spiro atoms. The van der Waals surface area contributed by atoms with E-state index >= 15 is 0 Å². The average Bonchev–Trinajstić information content (AvgIpc) is 3.23. The molecule has 0 bridgehead atoms. The van der Waals surface area contributed by atoms with Crippen LogP contribution in [0.1, 0.15) is 16.6 Å². The third kappa shape index (κ3) is 4.76. The van der Waals surface area contributed by atoms with Gasteiger partial charge in [-0.2, -0.15) is 0 Å². The van der Waals surface area contributed by atoms with Crippen LogP contribution in [-0.4, -0.2) is 81.1 Å². The van der Waals surface area contributed by atoms with Gasteiger partial charge in [-0.05, 0) is 12.1 Å². The lowest BCUT2D eigenvalue weighted by Gasteiger charge is -2.42. The van der Waals surface area contributed by atoms with E-state index in [-0.39, 0.29) is 22.2 Å². The highest BCUT2D eigenvalue weighted by Gasteiger charge is 2.49. The molecule has 0 aromatic carbocycles. The topological polar surface area (TPSA) is 215 Å². The Kier molecular flexibility index (Phi) is 6.60. The second kappa shape index (κ2) is 9.31. The van der Waals surface area contributed by atoms with E-state index in [1.54, 1.807) is 7.05 Å². The van der Waals surface area contributed by atoms with Crippen LogP contribution in [0.15, 0.2) is 37.2 Å². The lowest BCUT2D eigenvalue weighted by Crippen LogP contribution is -2.57. The number of carbonyl (C=O) groups is 1. The number of rotatable bonds is 6. The van der Waals surface area contributed by atoms with Gasteiger partial charge in [-0.15, -0.1) is 0 Å². The van der Waals surface area contributed by atoms with Crippen LogP contribution in [-0.2, 0) is 25.6 Å². The fourth-order valence-corrected chi connectivity index (χ4v) is 4.06. The van der Waals surface area contributed by atoms with Crippen LogP contribution in [0.25, 0.3) is 11.2 Å². The molecular weight excluding hydrogens is 475 g/mol. The van der Waals surface area contributed by atoms with Gasteiger partial charge in [-0.25, -0.2) is 19.3 Å². The largest absolute Gasteiger partial charge is 0.470 e. The van der Waals surface area contributed by atoms with Crippen molar-refractivity contribution in [1.29, 1.82) is 5.41 Å². The summed E-state index contributed by atoms with van der Waals surface area (Å²) in [6.45, 7) is -0.544. The molecular formula is C18H21N6O9P. The number of nitrogens with one attached hydrogen (secondary N) is 1. The zero-order valence-electron chi connectivity index (χ0n) is 17.6. The highest BCUT2D eigenvalue weighted by atomic mass is 31.2. The predicted molar refractivity (Wildman–Crippen MR) is 110 cm³/mol. The van der Waals surface area contributed by atoms with Gasteiger partial charge in [0.1, 0.15) is 36.5 Å². The second-order valence-electron chi connectivity index (χ2n) is 7.48. The summed E-state index contributed by atoms with van der Waals surface area (Å²) in [7, 11) is -3.56. The molecule has 1 saturated heterocycles. The number of aromatic nitrogens is 5. The number of aliphatic hydroxyl groups is 2. The number of phosphoric ester groups is 1. The van der Waals surface area contributed by atoms with Crippen LogP contribution in [0, 0.1) is 5.41 Å². The Bertz CT molecular complexity index is 1290. The van der Waals surface area contributed by atoms with Crippen LogP contribution in [0.2, 0.25) is 0 Å². The molecule has 16 heteroatoms. The van der Waals surface area contributed by atoms with Crippen molar-refractivity contribution < 1.29 is 43.4 Å². The normalized spacial score (nSPS) is 25.4. The highest BCUT2D eigenvalue weighted by molar-refractivity contribution is 7.46. The summed E-state index contributed by atoms with van der Waals surface area (Å²) in [6, 6.07) is 2.98.